The van der Waals surface area contributed by atoms with Gasteiger partial charge in [-0.25, -0.2) is 48.3 Å². The summed E-state index contributed by atoms with van der Waals surface area (Å²) < 4.78 is 165. The van der Waals surface area contributed by atoms with Gasteiger partial charge in [0.1, 0.15) is 47.3 Å². The fourth-order valence-electron chi connectivity index (χ4n) is 5.31. The summed E-state index contributed by atoms with van der Waals surface area (Å²) in [5.41, 5.74) is -16.5. The zero-order valence-electron chi connectivity index (χ0n) is 23.7. The Bertz CT molecular complexity index is 2310. The van der Waals surface area contributed by atoms with E-state index in [1.807, 2.05) is 0 Å². The van der Waals surface area contributed by atoms with Crippen LogP contribution in [0, 0.1) is 138 Å². The van der Waals surface area contributed by atoms with Crippen LogP contribution in [0.1, 0.15) is 51.8 Å². The zero-order chi connectivity index (χ0) is 36.8. The highest BCUT2D eigenvalue weighted by Gasteiger charge is 2.53. The third-order valence-corrected chi connectivity index (χ3v) is 7.54. The molecule has 17 heteroatoms. The predicted octanol–water partition coefficient (Wildman–Crippen LogP) is 7.59. The lowest BCUT2D eigenvalue weighted by Crippen LogP contribution is -2.12. The van der Waals surface area contributed by atoms with Gasteiger partial charge in [-0.3, -0.25) is 0 Å². The third-order valence-electron chi connectivity index (χ3n) is 7.54. The van der Waals surface area contributed by atoms with Crippen LogP contribution in [0.2, 0.25) is 0 Å². The number of benzene rings is 3. The first-order chi connectivity index (χ1) is 23.2. The molecule has 0 saturated heterocycles. The molecule has 0 heterocycles. The second-order valence-corrected chi connectivity index (χ2v) is 9.80. The van der Waals surface area contributed by atoms with Crippen LogP contribution in [0.15, 0.2) is 11.1 Å². The standard InChI is InChI=1S/C32H7F11N6/c1-2-9-10(3-44)23(34)28(39)19(22(9)33)11(4-45)16-17(12(5-46)20-29(40)24(35)14(7-48)25(36)30(20)41)18(16)13(6-47)21-31(42)26(37)15(8-49)27(38)32(21)43/h12,17H,2H2,1H3/b16-11+,18-13+. The number of rotatable bonds is 5. The van der Waals surface area contributed by atoms with Gasteiger partial charge in [-0.2, -0.15) is 31.6 Å². The Morgan fingerprint density at radius 2 is 0.857 bits per heavy atom. The lowest BCUT2D eigenvalue weighted by atomic mass is 9.90. The van der Waals surface area contributed by atoms with Gasteiger partial charge in [0.2, 0.25) is 0 Å². The lowest BCUT2D eigenvalue weighted by Gasteiger charge is -2.13. The molecule has 0 aliphatic heterocycles. The van der Waals surface area contributed by atoms with Gasteiger partial charge in [-0.1, -0.05) is 6.92 Å². The normalized spacial score (nSPS) is 15.9. The van der Waals surface area contributed by atoms with Crippen LogP contribution in [0.5, 0.6) is 0 Å². The molecule has 3 aromatic carbocycles. The SMILES string of the molecule is CCc1c(F)c(/C(C#N)=C2/C(=C(/C#N)c3c(F)c(F)c(C#N)c(F)c3F)C2C(C#N)c2c(F)c(F)c(C#N)c(F)c2F)c(F)c(F)c1C#N. The summed E-state index contributed by atoms with van der Waals surface area (Å²) in [5.74, 6) is -30.4. The van der Waals surface area contributed by atoms with E-state index in [0.717, 1.165) is 31.2 Å². The van der Waals surface area contributed by atoms with Crippen molar-refractivity contribution >= 4 is 11.1 Å². The Balaban J connectivity index is 2.28. The largest absolute Gasteiger partial charge is 0.206 e. The van der Waals surface area contributed by atoms with E-state index in [9.17, 15) is 43.0 Å². The van der Waals surface area contributed by atoms with E-state index in [2.05, 4.69) is 0 Å². The van der Waals surface area contributed by atoms with Crippen LogP contribution in [0.3, 0.4) is 0 Å². The Morgan fingerprint density at radius 1 is 0.510 bits per heavy atom. The second kappa shape index (κ2) is 12.8. The summed E-state index contributed by atoms with van der Waals surface area (Å²) in [6, 6.07) is 6.25. The third kappa shape index (κ3) is 4.97. The first-order valence-electron chi connectivity index (χ1n) is 13.0. The van der Waals surface area contributed by atoms with Gasteiger partial charge < -0.3 is 0 Å². The Morgan fingerprint density at radius 3 is 1.18 bits per heavy atom. The molecule has 1 aliphatic rings. The van der Waals surface area contributed by atoms with Crippen molar-refractivity contribution in [2.75, 3.05) is 0 Å². The van der Waals surface area contributed by atoms with Gasteiger partial charge in [0.05, 0.1) is 39.8 Å². The Labute approximate surface area is 266 Å². The molecule has 1 saturated carbocycles. The molecule has 0 N–H and O–H groups in total. The highest BCUT2D eigenvalue weighted by Crippen LogP contribution is 2.60. The summed E-state index contributed by atoms with van der Waals surface area (Å²) in [6.07, 6.45) is -0.538. The number of allylic oxidation sites excluding steroid dienone is 4. The average Bonchev–Trinajstić information content (AvgIpc) is 3.80. The monoisotopic (exact) mass is 684 g/mol. The predicted molar refractivity (Wildman–Crippen MR) is 139 cm³/mol. The maximum absolute atomic E-state index is 15.7. The van der Waals surface area contributed by atoms with Crippen molar-refractivity contribution in [1.29, 1.82) is 31.6 Å². The van der Waals surface area contributed by atoms with Crippen molar-refractivity contribution in [2.24, 2.45) is 5.92 Å². The van der Waals surface area contributed by atoms with Crippen LogP contribution in [-0.2, 0) is 6.42 Å². The molecule has 2 atom stereocenters. The maximum Gasteiger partial charge on any atom is 0.180 e. The first kappa shape index (κ1) is 35.2. The fourth-order valence-corrected chi connectivity index (χ4v) is 5.31. The summed E-state index contributed by atoms with van der Waals surface area (Å²) in [5, 5.41) is 56.9. The number of halogens is 11. The molecule has 0 aromatic heterocycles. The van der Waals surface area contributed by atoms with E-state index < -0.39 is 143 Å². The van der Waals surface area contributed by atoms with Gasteiger partial charge in [0.15, 0.2) is 58.2 Å². The van der Waals surface area contributed by atoms with E-state index in [0.29, 0.717) is 0 Å². The summed E-state index contributed by atoms with van der Waals surface area (Å²) in [4.78, 5) is 0. The molecular weight excluding hydrogens is 677 g/mol. The number of hydrogen-bond donors (Lipinski definition) is 0. The van der Waals surface area contributed by atoms with Crippen molar-refractivity contribution in [3.8, 4) is 36.4 Å². The molecule has 6 nitrogen and oxygen atoms in total. The van der Waals surface area contributed by atoms with Gasteiger partial charge in [-0.05, 0) is 17.6 Å². The van der Waals surface area contributed by atoms with E-state index in [4.69, 9.17) is 10.5 Å². The molecule has 4 rings (SSSR count). The molecule has 0 spiro atoms. The molecule has 2 unspecified atom stereocenters. The molecule has 49 heavy (non-hydrogen) atoms. The highest BCUT2D eigenvalue weighted by atomic mass is 19.2. The van der Waals surface area contributed by atoms with E-state index in [1.54, 1.807) is 0 Å². The minimum absolute atomic E-state index is 0.538. The Hall–Kier alpha value is -6.69. The van der Waals surface area contributed by atoms with Crippen LogP contribution < -0.4 is 0 Å². The molecule has 3 aromatic rings. The van der Waals surface area contributed by atoms with Crippen LogP contribution in [0.4, 0.5) is 48.3 Å². The lowest BCUT2D eigenvalue weighted by molar-refractivity contribution is 0.429. The van der Waals surface area contributed by atoms with Gasteiger partial charge in [0, 0.05) is 17.0 Å². The molecule has 0 bridgehead atoms. The van der Waals surface area contributed by atoms with Gasteiger partial charge in [-0.15, -0.1) is 0 Å². The minimum atomic E-state index is -2.74. The average molecular weight is 684 g/mol. The van der Waals surface area contributed by atoms with Gasteiger partial charge in [0.25, 0.3) is 0 Å². The molecule has 242 valence electrons. The van der Waals surface area contributed by atoms with Crippen molar-refractivity contribution in [3.63, 3.8) is 0 Å². The second-order valence-electron chi connectivity index (χ2n) is 9.80. The summed E-state index contributed by atoms with van der Waals surface area (Å²) in [7, 11) is 0. The first-order valence-corrected chi connectivity index (χ1v) is 13.0. The molecule has 1 fully saturated rings. The van der Waals surface area contributed by atoms with Crippen molar-refractivity contribution in [3.05, 3.63) is 114 Å². The van der Waals surface area contributed by atoms with Crippen molar-refractivity contribution in [2.45, 2.75) is 19.3 Å². The van der Waals surface area contributed by atoms with Crippen molar-refractivity contribution < 1.29 is 48.3 Å². The number of nitrogens with zero attached hydrogens (tertiary/aromatic N) is 6. The van der Waals surface area contributed by atoms with Crippen LogP contribution in [-0.4, -0.2) is 0 Å². The molecule has 1 aliphatic carbocycles. The molecular formula is C32H7F11N6. The Kier molecular flexibility index (Phi) is 9.21. The van der Waals surface area contributed by atoms with Crippen molar-refractivity contribution in [1.82, 2.24) is 0 Å². The molecule has 0 amide bonds. The minimum Gasteiger partial charge on any atom is -0.206 e. The highest BCUT2D eigenvalue weighted by molar-refractivity contribution is 5.98. The summed E-state index contributed by atoms with van der Waals surface area (Å²) in [6.45, 7) is 1.16. The topological polar surface area (TPSA) is 143 Å². The van der Waals surface area contributed by atoms with E-state index in [-0.39, 0.29) is 0 Å². The van der Waals surface area contributed by atoms with E-state index >= 15 is 26.3 Å². The fraction of sp³-hybridized carbons (Fsp3) is 0.125. The maximum atomic E-state index is 15.7. The van der Waals surface area contributed by atoms with Crippen LogP contribution >= 0.6 is 0 Å². The smallest absolute Gasteiger partial charge is 0.180 e. The number of nitriles is 6. The quantitative estimate of drug-likeness (QED) is 0.154. The molecule has 0 radical (unpaired) electrons. The van der Waals surface area contributed by atoms with Gasteiger partial charge >= 0.3 is 0 Å². The number of hydrogen-bond acceptors (Lipinski definition) is 6. The summed E-state index contributed by atoms with van der Waals surface area (Å²) >= 11 is 0. The zero-order valence-corrected chi connectivity index (χ0v) is 23.7. The van der Waals surface area contributed by atoms with Crippen LogP contribution in [0.25, 0.3) is 11.1 Å². The van der Waals surface area contributed by atoms with E-state index in [1.165, 1.54) is 12.1 Å².